The average molecular weight is 359 g/mol. The number of rotatable bonds is 13. The normalized spacial score (nSPS) is 10.6. The molecule has 1 aromatic carbocycles. The van der Waals surface area contributed by atoms with Crippen molar-refractivity contribution in [3.8, 4) is 11.5 Å². The first-order chi connectivity index (χ1) is 11.6. The van der Waals surface area contributed by atoms with E-state index >= 15 is 0 Å². The van der Waals surface area contributed by atoms with Gasteiger partial charge in [-0.05, 0) is 30.9 Å². The number of carboxylic acids is 1. The summed E-state index contributed by atoms with van der Waals surface area (Å²) in [6, 6.07) is 3.72. The number of halogens is 1. The summed E-state index contributed by atoms with van der Waals surface area (Å²) in [6.07, 6.45) is 5.49. The molecule has 6 heteroatoms. The van der Waals surface area contributed by atoms with Crippen LogP contribution in [0.3, 0.4) is 0 Å². The van der Waals surface area contributed by atoms with E-state index in [-0.39, 0.29) is 6.42 Å². The maximum absolute atomic E-state index is 10.5. The Morgan fingerprint density at radius 3 is 2.46 bits per heavy atom. The molecule has 136 valence electrons. The fourth-order valence-corrected chi connectivity index (χ4v) is 2.64. The Balaban J connectivity index is 2.49. The topological polar surface area (TPSA) is 65.0 Å². The Bertz CT molecular complexity index is 504. The van der Waals surface area contributed by atoms with Gasteiger partial charge in [0.05, 0.1) is 18.7 Å². The van der Waals surface area contributed by atoms with Crippen molar-refractivity contribution >= 4 is 17.6 Å². The molecule has 0 aliphatic heterocycles. The van der Waals surface area contributed by atoms with E-state index in [9.17, 15) is 4.79 Å². The Labute approximate surface area is 148 Å². The molecule has 0 unspecified atom stereocenters. The second-order valence-electron chi connectivity index (χ2n) is 5.60. The van der Waals surface area contributed by atoms with E-state index in [1.54, 1.807) is 14.2 Å². The Kier molecular flexibility index (Phi) is 10.3. The van der Waals surface area contributed by atoms with Crippen LogP contribution < -0.4 is 9.47 Å². The third kappa shape index (κ3) is 7.88. The van der Waals surface area contributed by atoms with Crippen LogP contribution in [0.25, 0.3) is 0 Å². The number of aryl methyl sites for hydroxylation is 1. The number of unbranched alkanes of at least 4 members (excludes halogenated alkanes) is 3. The molecule has 0 aliphatic rings. The van der Waals surface area contributed by atoms with Gasteiger partial charge in [0, 0.05) is 32.6 Å². The van der Waals surface area contributed by atoms with Crippen LogP contribution in [0, 0.1) is 0 Å². The summed E-state index contributed by atoms with van der Waals surface area (Å²) in [7, 11) is 3.29. The number of benzene rings is 1. The lowest BCUT2D eigenvalue weighted by Gasteiger charge is -2.13. The van der Waals surface area contributed by atoms with Gasteiger partial charge in [-0.25, -0.2) is 0 Å². The molecule has 1 rings (SSSR count). The molecule has 0 heterocycles. The van der Waals surface area contributed by atoms with E-state index in [0.717, 1.165) is 49.8 Å². The molecule has 0 fully saturated rings. The predicted octanol–water partition coefficient (Wildman–Crippen LogP) is 4.34. The zero-order valence-corrected chi connectivity index (χ0v) is 15.2. The van der Waals surface area contributed by atoms with E-state index in [1.807, 2.05) is 12.1 Å². The Morgan fingerprint density at radius 1 is 1.04 bits per heavy atom. The number of methoxy groups -OCH3 is 2. The molecule has 0 amide bonds. The highest BCUT2D eigenvalue weighted by atomic mass is 35.5. The smallest absolute Gasteiger partial charge is 0.303 e. The van der Waals surface area contributed by atoms with Crippen LogP contribution in [-0.4, -0.2) is 38.5 Å². The van der Waals surface area contributed by atoms with Gasteiger partial charge >= 0.3 is 5.97 Å². The molecule has 0 aromatic heterocycles. The molecule has 0 aliphatic carbocycles. The molecule has 0 bridgehead atoms. The second-order valence-corrected chi connectivity index (χ2v) is 6.00. The molecule has 0 spiro atoms. The lowest BCUT2D eigenvalue weighted by Crippen LogP contribution is -2.03. The summed E-state index contributed by atoms with van der Waals surface area (Å²) in [5.41, 5.74) is 1.05. The van der Waals surface area contributed by atoms with Crippen LogP contribution in [0.1, 0.15) is 44.1 Å². The minimum Gasteiger partial charge on any atom is -0.496 e. The molecule has 0 saturated heterocycles. The summed E-state index contributed by atoms with van der Waals surface area (Å²) in [5.74, 6) is 0.658. The highest BCUT2D eigenvalue weighted by molar-refractivity contribution is 6.32. The Morgan fingerprint density at radius 2 is 1.79 bits per heavy atom. The van der Waals surface area contributed by atoms with Gasteiger partial charge in [-0.3, -0.25) is 4.79 Å². The van der Waals surface area contributed by atoms with Crippen molar-refractivity contribution in [3.63, 3.8) is 0 Å². The SMILES string of the molecule is COCCCOc1cc(OC)c(CCCCCCC(=O)O)cc1Cl. The number of aliphatic carboxylic acids is 1. The third-order valence-corrected chi connectivity index (χ3v) is 3.97. The van der Waals surface area contributed by atoms with Gasteiger partial charge in [-0.2, -0.15) is 0 Å². The minimum absolute atomic E-state index is 0.240. The lowest BCUT2D eigenvalue weighted by molar-refractivity contribution is -0.137. The lowest BCUT2D eigenvalue weighted by atomic mass is 10.0. The first kappa shape index (κ1) is 20.6. The molecular formula is C18H27ClO5. The van der Waals surface area contributed by atoms with E-state index in [4.69, 9.17) is 30.9 Å². The van der Waals surface area contributed by atoms with E-state index in [2.05, 4.69) is 0 Å². The quantitative estimate of drug-likeness (QED) is 0.531. The number of carboxylic acid groups (broad SMARTS) is 1. The molecule has 1 N–H and O–H groups in total. The zero-order chi connectivity index (χ0) is 17.8. The van der Waals surface area contributed by atoms with Crippen LogP contribution in [0.15, 0.2) is 12.1 Å². The minimum atomic E-state index is -0.732. The van der Waals surface area contributed by atoms with Gasteiger partial charge in [0.25, 0.3) is 0 Å². The number of hydrogen-bond donors (Lipinski definition) is 1. The van der Waals surface area contributed by atoms with Gasteiger partial charge in [0.1, 0.15) is 11.5 Å². The molecule has 1 aromatic rings. The van der Waals surface area contributed by atoms with Crippen LogP contribution in [0.4, 0.5) is 0 Å². The van der Waals surface area contributed by atoms with Crippen molar-refractivity contribution in [1.29, 1.82) is 0 Å². The highest BCUT2D eigenvalue weighted by Gasteiger charge is 2.10. The van der Waals surface area contributed by atoms with Crippen molar-refractivity contribution in [2.45, 2.75) is 44.9 Å². The molecular weight excluding hydrogens is 332 g/mol. The van der Waals surface area contributed by atoms with Gasteiger partial charge in [0.15, 0.2) is 0 Å². The van der Waals surface area contributed by atoms with Gasteiger partial charge in [-0.15, -0.1) is 0 Å². The van der Waals surface area contributed by atoms with Crippen molar-refractivity contribution in [3.05, 3.63) is 22.7 Å². The number of carbonyl (C=O) groups is 1. The molecule has 0 saturated carbocycles. The summed E-state index contributed by atoms with van der Waals surface area (Å²) < 4.78 is 16.1. The second kappa shape index (κ2) is 12.0. The Hall–Kier alpha value is -1.46. The fraction of sp³-hybridized carbons (Fsp3) is 0.611. The summed E-state index contributed by atoms with van der Waals surface area (Å²) in [4.78, 5) is 10.5. The summed E-state index contributed by atoms with van der Waals surface area (Å²) in [6.45, 7) is 1.19. The zero-order valence-electron chi connectivity index (χ0n) is 14.5. The molecule has 0 atom stereocenters. The maximum Gasteiger partial charge on any atom is 0.303 e. The van der Waals surface area contributed by atoms with Gasteiger partial charge in [-0.1, -0.05) is 24.4 Å². The highest BCUT2D eigenvalue weighted by Crippen LogP contribution is 2.33. The van der Waals surface area contributed by atoms with Crippen LogP contribution in [-0.2, 0) is 16.0 Å². The van der Waals surface area contributed by atoms with E-state index < -0.39 is 5.97 Å². The summed E-state index contributed by atoms with van der Waals surface area (Å²) in [5, 5.41) is 9.19. The van der Waals surface area contributed by atoms with E-state index in [0.29, 0.717) is 24.0 Å². The number of ether oxygens (including phenoxy) is 3. The largest absolute Gasteiger partial charge is 0.496 e. The predicted molar refractivity (Wildman–Crippen MR) is 94.4 cm³/mol. The molecule has 0 radical (unpaired) electrons. The van der Waals surface area contributed by atoms with Gasteiger partial charge < -0.3 is 19.3 Å². The number of hydrogen-bond acceptors (Lipinski definition) is 4. The van der Waals surface area contributed by atoms with Gasteiger partial charge in [0.2, 0.25) is 0 Å². The van der Waals surface area contributed by atoms with Crippen LogP contribution in [0.2, 0.25) is 5.02 Å². The summed E-state index contributed by atoms with van der Waals surface area (Å²) >= 11 is 6.29. The first-order valence-corrected chi connectivity index (χ1v) is 8.66. The first-order valence-electron chi connectivity index (χ1n) is 8.28. The standard InChI is InChI=1S/C18H27ClO5/c1-22-10-7-11-24-17-13-16(23-2)14(12-15(17)19)8-5-3-4-6-9-18(20)21/h12-13H,3-11H2,1-2H3,(H,20,21). The molecule has 24 heavy (non-hydrogen) atoms. The van der Waals surface area contributed by atoms with E-state index in [1.165, 1.54) is 0 Å². The van der Waals surface area contributed by atoms with Crippen LogP contribution in [0.5, 0.6) is 11.5 Å². The molecule has 5 nitrogen and oxygen atoms in total. The average Bonchev–Trinajstić information content (AvgIpc) is 2.56. The fourth-order valence-electron chi connectivity index (χ4n) is 2.40. The van der Waals surface area contributed by atoms with Crippen LogP contribution >= 0.6 is 11.6 Å². The monoisotopic (exact) mass is 358 g/mol. The maximum atomic E-state index is 10.5. The third-order valence-electron chi connectivity index (χ3n) is 3.67. The van der Waals surface area contributed by atoms with Crippen molar-refractivity contribution in [1.82, 2.24) is 0 Å². The van der Waals surface area contributed by atoms with Crippen molar-refractivity contribution in [2.24, 2.45) is 0 Å². The van der Waals surface area contributed by atoms with Crippen molar-refractivity contribution in [2.75, 3.05) is 27.4 Å². The van der Waals surface area contributed by atoms with Crippen molar-refractivity contribution < 1.29 is 24.1 Å².